The van der Waals surface area contributed by atoms with E-state index < -0.39 is 5.91 Å². The summed E-state index contributed by atoms with van der Waals surface area (Å²) < 4.78 is 6.75. The monoisotopic (exact) mass is 316 g/mol. The van der Waals surface area contributed by atoms with E-state index in [2.05, 4.69) is 15.7 Å². The summed E-state index contributed by atoms with van der Waals surface area (Å²) in [5.74, 6) is -0.374. The van der Waals surface area contributed by atoms with E-state index in [9.17, 15) is 9.59 Å². The Morgan fingerprint density at radius 3 is 2.57 bits per heavy atom. The number of hydrogen-bond acceptors (Lipinski definition) is 4. The van der Waals surface area contributed by atoms with Gasteiger partial charge in [-0.1, -0.05) is 18.2 Å². The lowest BCUT2D eigenvalue weighted by atomic mass is 10.3. The highest BCUT2D eigenvalue weighted by Gasteiger charge is 2.19. The third kappa shape index (κ3) is 4.32. The molecule has 1 aromatic heterocycles. The van der Waals surface area contributed by atoms with E-state index in [1.165, 1.54) is 7.11 Å². The van der Waals surface area contributed by atoms with Crippen molar-refractivity contribution in [2.45, 2.75) is 19.9 Å². The van der Waals surface area contributed by atoms with Gasteiger partial charge in [-0.3, -0.25) is 9.59 Å². The van der Waals surface area contributed by atoms with Crippen LogP contribution in [0.3, 0.4) is 0 Å². The molecule has 0 unspecified atom stereocenters. The van der Waals surface area contributed by atoms with Crippen LogP contribution in [0.15, 0.2) is 36.5 Å². The Labute approximate surface area is 134 Å². The van der Waals surface area contributed by atoms with Gasteiger partial charge in [0.05, 0.1) is 25.5 Å². The predicted octanol–water partition coefficient (Wildman–Crippen LogP) is 1.14. The van der Waals surface area contributed by atoms with Crippen molar-refractivity contribution in [1.82, 2.24) is 20.4 Å². The van der Waals surface area contributed by atoms with Crippen LogP contribution in [0.2, 0.25) is 0 Å². The van der Waals surface area contributed by atoms with Crippen molar-refractivity contribution in [2.24, 2.45) is 0 Å². The molecule has 0 atom stereocenters. The number of para-hydroxylation sites is 1. The molecular formula is C16H20N4O3. The molecule has 0 radical (unpaired) electrons. The first-order chi connectivity index (χ1) is 11.0. The molecule has 1 aromatic carbocycles. The molecule has 2 aromatic rings. The van der Waals surface area contributed by atoms with Gasteiger partial charge in [0.1, 0.15) is 0 Å². The number of hydrogen-bond donors (Lipinski definition) is 2. The van der Waals surface area contributed by atoms with Crippen LogP contribution in [0.4, 0.5) is 0 Å². The van der Waals surface area contributed by atoms with Crippen LogP contribution in [-0.2, 0) is 4.79 Å². The first-order valence-electron chi connectivity index (χ1n) is 7.28. The average molecular weight is 316 g/mol. The van der Waals surface area contributed by atoms with Crippen LogP contribution >= 0.6 is 0 Å². The Morgan fingerprint density at radius 2 is 1.96 bits per heavy atom. The summed E-state index contributed by atoms with van der Waals surface area (Å²) in [4.78, 5) is 23.8. The third-order valence-corrected chi connectivity index (χ3v) is 3.00. The van der Waals surface area contributed by atoms with Crippen molar-refractivity contribution in [3.05, 3.63) is 42.2 Å². The standard InChI is InChI=1S/C16H20N4O3/c1-11(2)18-14(21)9-17-16(22)15-13(23-3)10-20(19-15)12-7-5-4-6-8-12/h4-8,10-11H,9H2,1-3H3,(H,17,22)(H,18,21). The zero-order chi connectivity index (χ0) is 16.8. The van der Waals surface area contributed by atoms with Gasteiger partial charge in [0.15, 0.2) is 11.4 Å². The van der Waals surface area contributed by atoms with Crippen LogP contribution in [0.25, 0.3) is 5.69 Å². The number of nitrogens with one attached hydrogen (secondary N) is 2. The largest absolute Gasteiger partial charge is 0.493 e. The Kier molecular flexibility index (Phi) is 5.35. The highest BCUT2D eigenvalue weighted by atomic mass is 16.5. The van der Waals surface area contributed by atoms with Crippen LogP contribution in [0, 0.1) is 0 Å². The molecule has 0 spiro atoms. The summed E-state index contributed by atoms with van der Waals surface area (Å²) in [5.41, 5.74) is 0.941. The number of rotatable bonds is 6. The molecule has 7 nitrogen and oxygen atoms in total. The van der Waals surface area contributed by atoms with Gasteiger partial charge < -0.3 is 15.4 Å². The maximum Gasteiger partial charge on any atom is 0.276 e. The number of ether oxygens (including phenoxy) is 1. The molecule has 0 saturated heterocycles. The topological polar surface area (TPSA) is 85.2 Å². The SMILES string of the molecule is COc1cn(-c2ccccc2)nc1C(=O)NCC(=O)NC(C)C. The lowest BCUT2D eigenvalue weighted by molar-refractivity contribution is -0.120. The van der Waals surface area contributed by atoms with E-state index in [4.69, 9.17) is 4.74 Å². The second kappa shape index (κ2) is 7.44. The van der Waals surface area contributed by atoms with Gasteiger partial charge in [0.25, 0.3) is 5.91 Å². The van der Waals surface area contributed by atoms with Gasteiger partial charge in [0, 0.05) is 6.04 Å². The summed E-state index contributed by atoms with van der Waals surface area (Å²) in [7, 11) is 1.47. The van der Waals surface area contributed by atoms with Crippen molar-refractivity contribution < 1.29 is 14.3 Å². The number of benzene rings is 1. The van der Waals surface area contributed by atoms with Crippen LogP contribution in [0.1, 0.15) is 24.3 Å². The molecule has 0 aliphatic carbocycles. The average Bonchev–Trinajstić information content (AvgIpc) is 2.97. The number of carbonyl (C=O) groups is 2. The van der Waals surface area contributed by atoms with Crippen LogP contribution in [0.5, 0.6) is 5.75 Å². The van der Waals surface area contributed by atoms with Gasteiger partial charge >= 0.3 is 0 Å². The molecule has 23 heavy (non-hydrogen) atoms. The second-order valence-electron chi connectivity index (χ2n) is 5.23. The molecule has 0 aliphatic heterocycles. The normalized spacial score (nSPS) is 10.4. The third-order valence-electron chi connectivity index (χ3n) is 3.00. The highest BCUT2D eigenvalue weighted by Crippen LogP contribution is 2.19. The fourth-order valence-corrected chi connectivity index (χ4v) is 2.00. The van der Waals surface area contributed by atoms with E-state index in [0.29, 0.717) is 5.75 Å². The lowest BCUT2D eigenvalue weighted by Gasteiger charge is -2.08. The fraction of sp³-hybridized carbons (Fsp3) is 0.312. The van der Waals surface area contributed by atoms with Crippen LogP contribution < -0.4 is 15.4 Å². The Morgan fingerprint density at radius 1 is 1.26 bits per heavy atom. The Bertz CT molecular complexity index is 680. The van der Waals surface area contributed by atoms with Crippen molar-refractivity contribution in [1.29, 1.82) is 0 Å². The zero-order valence-corrected chi connectivity index (χ0v) is 13.4. The van der Waals surface area contributed by atoms with E-state index in [1.54, 1.807) is 10.9 Å². The lowest BCUT2D eigenvalue weighted by Crippen LogP contribution is -2.40. The molecule has 1 heterocycles. The van der Waals surface area contributed by atoms with E-state index in [1.807, 2.05) is 44.2 Å². The fourth-order valence-electron chi connectivity index (χ4n) is 2.00. The molecule has 2 amide bonds. The smallest absolute Gasteiger partial charge is 0.276 e. The summed E-state index contributed by atoms with van der Waals surface area (Å²) in [6.45, 7) is 3.59. The Hall–Kier alpha value is -2.83. The summed E-state index contributed by atoms with van der Waals surface area (Å²) in [6.07, 6.45) is 1.62. The van der Waals surface area contributed by atoms with Crippen molar-refractivity contribution in [3.8, 4) is 11.4 Å². The van der Waals surface area contributed by atoms with E-state index >= 15 is 0 Å². The van der Waals surface area contributed by atoms with Crippen LogP contribution in [-0.4, -0.2) is 41.3 Å². The van der Waals surface area contributed by atoms with Crippen molar-refractivity contribution in [3.63, 3.8) is 0 Å². The van der Waals surface area contributed by atoms with Gasteiger partial charge in [-0.25, -0.2) is 4.68 Å². The number of aromatic nitrogens is 2. The van der Waals surface area contributed by atoms with Gasteiger partial charge in [0.2, 0.25) is 5.91 Å². The number of nitrogens with zero attached hydrogens (tertiary/aromatic N) is 2. The van der Waals surface area contributed by atoms with Crippen molar-refractivity contribution in [2.75, 3.05) is 13.7 Å². The molecule has 2 rings (SSSR count). The molecule has 7 heteroatoms. The minimum absolute atomic E-state index is 0.0197. The van der Waals surface area contributed by atoms with Gasteiger partial charge in [-0.15, -0.1) is 0 Å². The first kappa shape index (κ1) is 16.5. The maximum absolute atomic E-state index is 12.2. The quantitative estimate of drug-likeness (QED) is 0.837. The minimum Gasteiger partial charge on any atom is -0.493 e. The predicted molar refractivity (Wildman–Crippen MR) is 85.7 cm³/mol. The molecule has 122 valence electrons. The summed E-state index contributed by atoms with van der Waals surface area (Å²) in [5, 5.41) is 9.47. The first-order valence-corrected chi connectivity index (χ1v) is 7.28. The number of amides is 2. The highest BCUT2D eigenvalue weighted by molar-refractivity contribution is 5.97. The molecule has 0 bridgehead atoms. The molecule has 0 aliphatic rings. The zero-order valence-electron chi connectivity index (χ0n) is 13.4. The Balaban J connectivity index is 2.11. The van der Waals surface area contributed by atoms with Gasteiger partial charge in [-0.05, 0) is 26.0 Å². The molecule has 0 saturated carbocycles. The molecule has 2 N–H and O–H groups in total. The number of methoxy groups -OCH3 is 1. The van der Waals surface area contributed by atoms with Crippen molar-refractivity contribution >= 4 is 11.8 Å². The second-order valence-corrected chi connectivity index (χ2v) is 5.23. The summed E-state index contributed by atoms with van der Waals surface area (Å²) >= 11 is 0. The molecular weight excluding hydrogens is 296 g/mol. The summed E-state index contributed by atoms with van der Waals surface area (Å²) in [6, 6.07) is 9.39. The van der Waals surface area contributed by atoms with E-state index in [0.717, 1.165) is 5.69 Å². The van der Waals surface area contributed by atoms with Gasteiger partial charge in [-0.2, -0.15) is 5.10 Å². The maximum atomic E-state index is 12.2. The van der Waals surface area contributed by atoms with E-state index in [-0.39, 0.29) is 24.2 Å². The minimum atomic E-state index is -0.463. The molecule has 0 fully saturated rings. The number of carbonyl (C=O) groups excluding carboxylic acids is 2.